The largest absolute Gasteiger partial charge is 0.504 e. The van der Waals surface area contributed by atoms with Gasteiger partial charge in [0.2, 0.25) is 0 Å². The minimum atomic E-state index is -0.978. The van der Waals surface area contributed by atoms with Crippen LogP contribution in [0.5, 0.6) is 5.75 Å². The maximum Gasteiger partial charge on any atom is 0.161 e. The average molecular weight is 178 g/mol. The predicted octanol–water partition coefficient (Wildman–Crippen LogP) is 1.78. The number of hydrogen-bond acceptors (Lipinski definition) is 3. The Labute approximate surface area is 75.6 Å². The normalized spacial score (nSPS) is 25.7. The Bertz CT molecular complexity index is 383. The fourth-order valence-corrected chi connectivity index (χ4v) is 1.22. The first kappa shape index (κ1) is 8.13. The highest BCUT2D eigenvalue weighted by atomic mass is 16.4. The summed E-state index contributed by atoms with van der Waals surface area (Å²) >= 11 is 0. The summed E-state index contributed by atoms with van der Waals surface area (Å²) in [5.41, 5.74) is -0.373. The molecular weight excluding hydrogens is 168 g/mol. The van der Waals surface area contributed by atoms with E-state index in [2.05, 4.69) is 0 Å². The van der Waals surface area contributed by atoms with E-state index in [1.807, 2.05) is 0 Å². The van der Waals surface area contributed by atoms with Crippen molar-refractivity contribution in [2.75, 3.05) is 0 Å². The Kier molecular flexibility index (Phi) is 1.57. The zero-order chi connectivity index (χ0) is 9.47. The standard InChI is InChI=1S/C10H10O3/c1-10(12)4-2-7-8(11)6-13-9(7)3-5-10/h2-6,11-12H,1H3. The molecule has 13 heavy (non-hydrogen) atoms. The van der Waals surface area contributed by atoms with Gasteiger partial charge in [-0.1, -0.05) is 0 Å². The van der Waals surface area contributed by atoms with Crippen LogP contribution in [0.15, 0.2) is 22.8 Å². The van der Waals surface area contributed by atoms with Crippen molar-refractivity contribution in [2.24, 2.45) is 0 Å². The van der Waals surface area contributed by atoms with Crippen molar-refractivity contribution in [3.63, 3.8) is 0 Å². The summed E-state index contributed by atoms with van der Waals surface area (Å²) in [5.74, 6) is 0.653. The fourth-order valence-electron chi connectivity index (χ4n) is 1.22. The molecular formula is C10H10O3. The number of fused-ring (bicyclic) bond motifs is 1. The first-order chi connectivity index (χ1) is 6.08. The average Bonchev–Trinajstić information content (AvgIpc) is 2.32. The second kappa shape index (κ2) is 2.50. The fraction of sp³-hybridized carbons (Fsp3) is 0.200. The molecule has 1 aromatic rings. The van der Waals surface area contributed by atoms with E-state index in [-0.39, 0.29) is 5.75 Å². The van der Waals surface area contributed by atoms with Gasteiger partial charge in [0.25, 0.3) is 0 Å². The lowest BCUT2D eigenvalue weighted by Gasteiger charge is -2.10. The molecule has 0 bridgehead atoms. The van der Waals surface area contributed by atoms with Crippen LogP contribution in [0.3, 0.4) is 0 Å². The summed E-state index contributed by atoms with van der Waals surface area (Å²) in [4.78, 5) is 0. The third-order valence-corrected chi connectivity index (χ3v) is 2.00. The second-order valence-corrected chi connectivity index (χ2v) is 3.29. The van der Waals surface area contributed by atoms with Crippen molar-refractivity contribution in [2.45, 2.75) is 12.5 Å². The first-order valence-electron chi connectivity index (χ1n) is 4.00. The lowest BCUT2D eigenvalue weighted by molar-refractivity contribution is 0.166. The quantitative estimate of drug-likeness (QED) is 0.636. The van der Waals surface area contributed by atoms with E-state index in [9.17, 15) is 10.2 Å². The molecule has 1 aliphatic carbocycles. The zero-order valence-electron chi connectivity index (χ0n) is 7.19. The number of hydrogen-bond donors (Lipinski definition) is 2. The van der Waals surface area contributed by atoms with Crippen LogP contribution in [0, 0.1) is 0 Å². The maximum atomic E-state index is 9.64. The molecule has 0 amide bonds. The Morgan fingerprint density at radius 2 is 2.00 bits per heavy atom. The van der Waals surface area contributed by atoms with E-state index in [4.69, 9.17) is 4.42 Å². The van der Waals surface area contributed by atoms with Crippen molar-refractivity contribution in [1.29, 1.82) is 0 Å². The Morgan fingerprint density at radius 1 is 1.31 bits per heavy atom. The SMILES string of the molecule is CC1(O)C=Cc2occ(O)c2C=C1. The molecule has 0 aliphatic heterocycles. The van der Waals surface area contributed by atoms with Crippen molar-refractivity contribution < 1.29 is 14.6 Å². The van der Waals surface area contributed by atoms with E-state index < -0.39 is 5.60 Å². The highest BCUT2D eigenvalue weighted by Crippen LogP contribution is 2.30. The minimum absolute atomic E-state index is 0.0913. The molecule has 0 fully saturated rings. The molecule has 68 valence electrons. The Hall–Kier alpha value is -1.48. The van der Waals surface area contributed by atoms with Crippen molar-refractivity contribution in [1.82, 2.24) is 0 Å². The lowest BCUT2D eigenvalue weighted by Crippen LogP contribution is -2.15. The van der Waals surface area contributed by atoms with Gasteiger partial charge in [0.05, 0.1) is 11.2 Å². The van der Waals surface area contributed by atoms with Gasteiger partial charge < -0.3 is 14.6 Å². The van der Waals surface area contributed by atoms with Crippen LogP contribution >= 0.6 is 0 Å². The summed E-state index contributed by atoms with van der Waals surface area (Å²) in [7, 11) is 0. The molecule has 1 unspecified atom stereocenters. The molecule has 0 saturated heterocycles. The van der Waals surface area contributed by atoms with Crippen LogP contribution in [0.25, 0.3) is 12.2 Å². The molecule has 0 radical (unpaired) electrons. The third-order valence-electron chi connectivity index (χ3n) is 2.00. The summed E-state index contributed by atoms with van der Waals surface area (Å²) in [6, 6.07) is 0. The minimum Gasteiger partial charge on any atom is -0.504 e. The maximum absolute atomic E-state index is 9.64. The molecule has 1 aliphatic rings. The molecule has 2 rings (SSSR count). The van der Waals surface area contributed by atoms with Crippen molar-refractivity contribution in [3.8, 4) is 5.75 Å². The Morgan fingerprint density at radius 3 is 2.77 bits per heavy atom. The lowest BCUT2D eigenvalue weighted by atomic mass is 10.1. The molecule has 0 aromatic carbocycles. The van der Waals surface area contributed by atoms with Gasteiger partial charge in [0.1, 0.15) is 12.0 Å². The van der Waals surface area contributed by atoms with Gasteiger partial charge in [0, 0.05) is 0 Å². The second-order valence-electron chi connectivity index (χ2n) is 3.29. The highest BCUT2D eigenvalue weighted by molar-refractivity contribution is 5.70. The van der Waals surface area contributed by atoms with Gasteiger partial charge in [-0.3, -0.25) is 0 Å². The highest BCUT2D eigenvalue weighted by Gasteiger charge is 2.17. The third kappa shape index (κ3) is 1.38. The van der Waals surface area contributed by atoms with Crippen molar-refractivity contribution in [3.05, 3.63) is 29.7 Å². The van der Waals surface area contributed by atoms with Gasteiger partial charge in [-0.2, -0.15) is 0 Å². The summed E-state index contributed by atoms with van der Waals surface area (Å²) < 4.78 is 5.06. The summed E-state index contributed by atoms with van der Waals surface area (Å²) in [5, 5.41) is 19.0. The summed E-state index contributed by atoms with van der Waals surface area (Å²) in [6.45, 7) is 1.66. The monoisotopic (exact) mass is 178 g/mol. The number of aliphatic hydroxyl groups is 1. The molecule has 1 aromatic heterocycles. The van der Waals surface area contributed by atoms with Crippen LogP contribution in [-0.2, 0) is 0 Å². The topological polar surface area (TPSA) is 53.6 Å². The molecule has 0 saturated carbocycles. The van der Waals surface area contributed by atoms with Crippen LogP contribution in [0.4, 0.5) is 0 Å². The molecule has 0 spiro atoms. The predicted molar refractivity (Wildman–Crippen MR) is 49.1 cm³/mol. The van der Waals surface area contributed by atoms with Gasteiger partial charge in [-0.15, -0.1) is 0 Å². The van der Waals surface area contributed by atoms with Gasteiger partial charge in [-0.25, -0.2) is 0 Å². The van der Waals surface area contributed by atoms with Crippen LogP contribution in [0.2, 0.25) is 0 Å². The van der Waals surface area contributed by atoms with Gasteiger partial charge in [0.15, 0.2) is 5.75 Å². The molecule has 3 nitrogen and oxygen atoms in total. The molecule has 3 heteroatoms. The van der Waals surface area contributed by atoms with Crippen LogP contribution < -0.4 is 0 Å². The Balaban J connectivity index is 2.54. The number of rotatable bonds is 0. The van der Waals surface area contributed by atoms with Crippen LogP contribution in [-0.4, -0.2) is 15.8 Å². The number of furan rings is 1. The smallest absolute Gasteiger partial charge is 0.161 e. The summed E-state index contributed by atoms with van der Waals surface area (Å²) in [6.07, 6.45) is 7.78. The van der Waals surface area contributed by atoms with Gasteiger partial charge >= 0.3 is 0 Å². The number of aromatic hydroxyl groups is 1. The van der Waals surface area contributed by atoms with E-state index in [0.29, 0.717) is 11.3 Å². The molecule has 2 N–H and O–H groups in total. The van der Waals surface area contributed by atoms with Crippen molar-refractivity contribution >= 4 is 12.2 Å². The van der Waals surface area contributed by atoms with Crippen LogP contribution in [0.1, 0.15) is 18.2 Å². The first-order valence-corrected chi connectivity index (χ1v) is 4.00. The molecule has 1 heterocycles. The van der Waals surface area contributed by atoms with E-state index in [0.717, 1.165) is 0 Å². The van der Waals surface area contributed by atoms with Gasteiger partial charge in [-0.05, 0) is 31.2 Å². The van der Waals surface area contributed by atoms with E-state index in [1.54, 1.807) is 31.2 Å². The molecule has 1 atom stereocenters. The van der Waals surface area contributed by atoms with E-state index in [1.165, 1.54) is 6.26 Å². The van der Waals surface area contributed by atoms with E-state index >= 15 is 0 Å². The zero-order valence-corrected chi connectivity index (χ0v) is 7.19.